The zero-order valence-corrected chi connectivity index (χ0v) is 16.1. The first kappa shape index (κ1) is 20.6. The van der Waals surface area contributed by atoms with Gasteiger partial charge in [-0.1, -0.05) is 30.3 Å². The highest BCUT2D eigenvalue weighted by Gasteiger charge is 2.27. The summed E-state index contributed by atoms with van der Waals surface area (Å²) >= 11 is 0. The van der Waals surface area contributed by atoms with E-state index in [9.17, 15) is 14.0 Å². The molecule has 0 aliphatic carbocycles. The van der Waals surface area contributed by atoms with Crippen LogP contribution in [0, 0.1) is 5.82 Å². The van der Waals surface area contributed by atoms with Crippen molar-refractivity contribution >= 4 is 17.5 Å². The fourth-order valence-corrected chi connectivity index (χ4v) is 2.76. The third-order valence-corrected chi connectivity index (χ3v) is 3.82. The Morgan fingerprint density at radius 1 is 1.04 bits per heavy atom. The minimum absolute atomic E-state index is 0.0632. The van der Waals surface area contributed by atoms with Gasteiger partial charge in [0, 0.05) is 11.2 Å². The topological polar surface area (TPSA) is 61.4 Å². The second-order valence-electron chi connectivity index (χ2n) is 7.52. The molecule has 5 nitrogen and oxygen atoms in total. The molecule has 1 atom stereocenters. The quantitative estimate of drug-likeness (QED) is 0.819. The van der Waals surface area contributed by atoms with Crippen molar-refractivity contribution < 1.29 is 14.0 Å². The second-order valence-corrected chi connectivity index (χ2v) is 7.52. The molecule has 2 N–H and O–H groups in total. The lowest BCUT2D eigenvalue weighted by Crippen LogP contribution is -2.47. The van der Waals surface area contributed by atoms with Gasteiger partial charge in [0.1, 0.15) is 11.9 Å². The van der Waals surface area contributed by atoms with Crippen molar-refractivity contribution in [3.8, 4) is 0 Å². The molecule has 0 radical (unpaired) electrons. The first-order valence-electron chi connectivity index (χ1n) is 8.78. The van der Waals surface area contributed by atoms with Crippen molar-refractivity contribution in [2.24, 2.45) is 0 Å². The maximum atomic E-state index is 13.1. The van der Waals surface area contributed by atoms with Gasteiger partial charge in [-0.05, 0) is 57.6 Å². The van der Waals surface area contributed by atoms with Crippen molar-refractivity contribution in [2.75, 3.05) is 18.9 Å². The van der Waals surface area contributed by atoms with Gasteiger partial charge >= 0.3 is 0 Å². The number of amides is 2. The number of carbonyl (C=O) groups excluding carboxylic acids is 2. The first-order valence-corrected chi connectivity index (χ1v) is 8.78. The average Bonchev–Trinajstić information content (AvgIpc) is 2.56. The van der Waals surface area contributed by atoms with Crippen LogP contribution < -0.4 is 10.6 Å². The predicted molar refractivity (Wildman–Crippen MR) is 105 cm³/mol. The van der Waals surface area contributed by atoms with Gasteiger partial charge < -0.3 is 10.6 Å². The Morgan fingerprint density at radius 3 is 2.19 bits per heavy atom. The lowest BCUT2D eigenvalue weighted by atomic mass is 10.0. The molecular formula is C21H26FN3O2. The zero-order valence-electron chi connectivity index (χ0n) is 16.1. The molecule has 0 heterocycles. The van der Waals surface area contributed by atoms with E-state index in [4.69, 9.17) is 0 Å². The maximum Gasteiger partial charge on any atom is 0.246 e. The van der Waals surface area contributed by atoms with Gasteiger partial charge in [0.25, 0.3) is 0 Å². The van der Waals surface area contributed by atoms with Crippen LogP contribution in [-0.2, 0) is 9.59 Å². The Bertz CT molecular complexity index is 770. The number of hydrogen-bond donors (Lipinski definition) is 2. The van der Waals surface area contributed by atoms with E-state index in [1.54, 1.807) is 11.9 Å². The highest BCUT2D eigenvalue weighted by Crippen LogP contribution is 2.22. The first-order chi connectivity index (χ1) is 12.7. The Labute approximate surface area is 159 Å². The Hall–Kier alpha value is -2.73. The molecule has 0 aliphatic heterocycles. The van der Waals surface area contributed by atoms with Crippen molar-refractivity contribution in [1.29, 1.82) is 0 Å². The molecule has 27 heavy (non-hydrogen) atoms. The number of likely N-dealkylation sites (N-methyl/N-ethyl adjacent to an activating group) is 1. The summed E-state index contributed by atoms with van der Waals surface area (Å²) < 4.78 is 13.1. The molecule has 0 bridgehead atoms. The molecule has 0 spiro atoms. The zero-order chi connectivity index (χ0) is 20.0. The molecule has 2 rings (SSSR count). The molecule has 0 saturated carbocycles. The van der Waals surface area contributed by atoms with Crippen molar-refractivity contribution in [3.05, 3.63) is 66.0 Å². The van der Waals surface area contributed by atoms with Crippen LogP contribution in [0.25, 0.3) is 0 Å². The fraction of sp³-hybridized carbons (Fsp3) is 0.333. The van der Waals surface area contributed by atoms with Crippen LogP contribution in [0.15, 0.2) is 54.6 Å². The van der Waals surface area contributed by atoms with Crippen LogP contribution in [0.4, 0.5) is 10.1 Å². The predicted octanol–water partition coefficient (Wildman–Crippen LogP) is 3.35. The number of carbonyl (C=O) groups is 2. The summed E-state index contributed by atoms with van der Waals surface area (Å²) in [5.41, 5.74) is 0.911. The molecule has 6 heteroatoms. The second kappa shape index (κ2) is 8.77. The van der Waals surface area contributed by atoms with E-state index >= 15 is 0 Å². The van der Waals surface area contributed by atoms with Crippen molar-refractivity contribution in [1.82, 2.24) is 10.2 Å². The van der Waals surface area contributed by atoms with Crippen molar-refractivity contribution in [3.63, 3.8) is 0 Å². The molecule has 0 fully saturated rings. The van der Waals surface area contributed by atoms with E-state index < -0.39 is 6.04 Å². The maximum absolute atomic E-state index is 13.1. The molecule has 2 amide bonds. The van der Waals surface area contributed by atoms with Gasteiger partial charge in [-0.3, -0.25) is 14.5 Å². The third-order valence-electron chi connectivity index (χ3n) is 3.82. The molecular weight excluding hydrogens is 345 g/mol. The van der Waals surface area contributed by atoms with E-state index in [-0.39, 0.29) is 29.7 Å². The van der Waals surface area contributed by atoms with E-state index in [2.05, 4.69) is 10.6 Å². The van der Waals surface area contributed by atoms with Gasteiger partial charge in [-0.15, -0.1) is 0 Å². The van der Waals surface area contributed by atoms with Gasteiger partial charge in [-0.2, -0.15) is 0 Å². The third kappa shape index (κ3) is 6.49. The monoisotopic (exact) mass is 371 g/mol. The molecule has 144 valence electrons. The fourth-order valence-electron chi connectivity index (χ4n) is 2.76. The van der Waals surface area contributed by atoms with Crippen molar-refractivity contribution in [2.45, 2.75) is 32.4 Å². The molecule has 2 aromatic carbocycles. The highest BCUT2D eigenvalue weighted by atomic mass is 19.1. The van der Waals surface area contributed by atoms with Crippen LogP contribution in [0.5, 0.6) is 0 Å². The van der Waals surface area contributed by atoms with Crippen LogP contribution in [0.3, 0.4) is 0 Å². The number of halogens is 1. The summed E-state index contributed by atoms with van der Waals surface area (Å²) in [5, 5.41) is 5.69. The van der Waals surface area contributed by atoms with Crippen LogP contribution >= 0.6 is 0 Å². The molecule has 2 aromatic rings. The number of hydrogen-bond acceptors (Lipinski definition) is 3. The smallest absolute Gasteiger partial charge is 0.246 e. The van der Waals surface area contributed by atoms with E-state index in [1.165, 1.54) is 24.3 Å². The largest absolute Gasteiger partial charge is 0.350 e. The summed E-state index contributed by atoms with van der Waals surface area (Å²) in [6, 6.07) is 14.1. The average molecular weight is 371 g/mol. The minimum Gasteiger partial charge on any atom is -0.350 e. The Balaban J connectivity index is 2.19. The van der Waals surface area contributed by atoms with Gasteiger partial charge in [0.2, 0.25) is 11.8 Å². The summed E-state index contributed by atoms with van der Waals surface area (Å²) in [6.45, 7) is 5.77. The molecule has 0 saturated heterocycles. The lowest BCUT2D eigenvalue weighted by molar-refractivity contribution is -0.126. The number of nitrogens with zero attached hydrogens (tertiary/aromatic N) is 1. The summed E-state index contributed by atoms with van der Waals surface area (Å²) in [7, 11) is 1.73. The van der Waals surface area contributed by atoms with Crippen LogP contribution in [0.2, 0.25) is 0 Å². The van der Waals surface area contributed by atoms with E-state index in [0.717, 1.165) is 5.56 Å². The molecule has 0 aliphatic rings. The van der Waals surface area contributed by atoms with Gasteiger partial charge in [-0.25, -0.2) is 4.39 Å². The van der Waals surface area contributed by atoms with Crippen LogP contribution in [0.1, 0.15) is 32.4 Å². The molecule has 0 unspecified atom stereocenters. The molecule has 0 aromatic heterocycles. The van der Waals surface area contributed by atoms with Gasteiger partial charge in [0.05, 0.1) is 6.54 Å². The number of anilines is 1. The standard InChI is InChI=1S/C21H26FN3O2/c1-21(2,3)24-18(26)14-25(4)19(15-8-6-5-7-9-15)20(27)23-17-12-10-16(22)11-13-17/h5-13,19H,14H2,1-4H3,(H,23,27)(H,24,26)/t19-/m0/s1. The van der Waals surface area contributed by atoms with Crippen LogP contribution in [-0.4, -0.2) is 35.8 Å². The number of rotatable bonds is 6. The summed E-state index contributed by atoms with van der Waals surface area (Å²) in [5.74, 6) is -0.831. The normalized spacial score (nSPS) is 12.5. The SMILES string of the molecule is CN(CC(=O)NC(C)(C)C)[C@H](C(=O)Nc1ccc(F)cc1)c1ccccc1. The van der Waals surface area contributed by atoms with E-state index in [0.29, 0.717) is 5.69 Å². The summed E-state index contributed by atoms with van der Waals surface area (Å²) in [4.78, 5) is 26.9. The Morgan fingerprint density at radius 2 is 1.63 bits per heavy atom. The summed E-state index contributed by atoms with van der Waals surface area (Å²) in [6.07, 6.45) is 0. The number of nitrogens with one attached hydrogen (secondary N) is 2. The Kier molecular flexibility index (Phi) is 6.69. The van der Waals surface area contributed by atoms with Gasteiger partial charge in [0.15, 0.2) is 0 Å². The highest BCUT2D eigenvalue weighted by molar-refractivity contribution is 5.96. The minimum atomic E-state index is -0.665. The number of benzene rings is 2. The lowest BCUT2D eigenvalue weighted by Gasteiger charge is -2.29. The van der Waals surface area contributed by atoms with E-state index in [1.807, 2.05) is 51.1 Å².